The third kappa shape index (κ3) is 4.51. The van der Waals surface area contributed by atoms with E-state index in [0.29, 0.717) is 28.0 Å². The van der Waals surface area contributed by atoms with Crippen LogP contribution in [0.5, 0.6) is 0 Å². The number of aryl methyl sites for hydroxylation is 1. The van der Waals surface area contributed by atoms with Gasteiger partial charge in [-0.1, -0.05) is 12.8 Å². The van der Waals surface area contributed by atoms with Gasteiger partial charge in [-0.15, -0.1) is 11.3 Å². The van der Waals surface area contributed by atoms with Gasteiger partial charge < -0.3 is 10.3 Å². The van der Waals surface area contributed by atoms with Crippen molar-refractivity contribution in [3.63, 3.8) is 0 Å². The second-order valence-corrected chi connectivity index (χ2v) is 11.6. The molecule has 0 bridgehead atoms. The SMILES string of the molecule is Cc1ccc(-c2nccc3[nH]c(-c4n[nH]c5ccc(-c6cncc(CNCC7CCCC7)c6)c(F)c45)nc23)s1. The van der Waals surface area contributed by atoms with E-state index in [1.54, 1.807) is 29.8 Å². The van der Waals surface area contributed by atoms with Crippen LogP contribution in [0.3, 0.4) is 0 Å². The number of aromatic nitrogens is 6. The summed E-state index contributed by atoms with van der Waals surface area (Å²) in [6.07, 6.45) is 10.6. The summed E-state index contributed by atoms with van der Waals surface area (Å²) in [5.41, 5.74) is 5.70. The first-order valence-electron chi connectivity index (χ1n) is 13.4. The highest BCUT2D eigenvalue weighted by Crippen LogP contribution is 2.36. The minimum absolute atomic E-state index is 0.346. The second kappa shape index (κ2) is 9.98. The number of benzene rings is 1. The van der Waals surface area contributed by atoms with Crippen LogP contribution in [0, 0.1) is 18.7 Å². The van der Waals surface area contributed by atoms with Gasteiger partial charge in [0.2, 0.25) is 0 Å². The maximum Gasteiger partial charge on any atom is 0.159 e. The van der Waals surface area contributed by atoms with Crippen LogP contribution in [0.4, 0.5) is 4.39 Å². The van der Waals surface area contributed by atoms with Gasteiger partial charge in [0.15, 0.2) is 5.82 Å². The Balaban J connectivity index is 1.23. The Morgan fingerprint density at radius 2 is 1.95 bits per heavy atom. The number of fused-ring (bicyclic) bond motifs is 2. The Morgan fingerprint density at radius 1 is 1.05 bits per heavy atom. The van der Waals surface area contributed by atoms with Crippen molar-refractivity contribution in [2.45, 2.75) is 39.2 Å². The highest BCUT2D eigenvalue weighted by Gasteiger charge is 2.21. The Labute approximate surface area is 229 Å². The lowest BCUT2D eigenvalue weighted by molar-refractivity contribution is 0.489. The fraction of sp³-hybridized carbons (Fsp3) is 0.267. The number of nitrogens with one attached hydrogen (secondary N) is 3. The van der Waals surface area contributed by atoms with Gasteiger partial charge in [0.1, 0.15) is 22.7 Å². The number of H-pyrrole nitrogens is 2. The van der Waals surface area contributed by atoms with Gasteiger partial charge in [-0.25, -0.2) is 9.37 Å². The van der Waals surface area contributed by atoms with Gasteiger partial charge in [0.05, 0.1) is 21.3 Å². The number of hydrogen-bond acceptors (Lipinski definition) is 6. The van der Waals surface area contributed by atoms with Crippen LogP contribution in [0.15, 0.2) is 55.0 Å². The van der Waals surface area contributed by atoms with Crippen LogP contribution in [0.1, 0.15) is 36.1 Å². The summed E-state index contributed by atoms with van der Waals surface area (Å²) >= 11 is 1.67. The molecular weight excluding hydrogens is 509 g/mol. The molecule has 1 aliphatic rings. The molecule has 0 saturated heterocycles. The summed E-state index contributed by atoms with van der Waals surface area (Å²) in [6.45, 7) is 3.81. The molecule has 5 heterocycles. The van der Waals surface area contributed by atoms with Crippen molar-refractivity contribution in [3.8, 4) is 33.2 Å². The minimum Gasteiger partial charge on any atom is -0.336 e. The maximum atomic E-state index is 16.2. The van der Waals surface area contributed by atoms with Crippen molar-refractivity contribution in [2.24, 2.45) is 5.92 Å². The predicted molar refractivity (Wildman–Crippen MR) is 154 cm³/mol. The number of nitrogens with zero attached hydrogens (tertiary/aromatic N) is 4. The predicted octanol–water partition coefficient (Wildman–Crippen LogP) is 7.02. The lowest BCUT2D eigenvalue weighted by Gasteiger charge is -2.11. The summed E-state index contributed by atoms with van der Waals surface area (Å²) in [7, 11) is 0. The summed E-state index contributed by atoms with van der Waals surface area (Å²) in [6, 6.07) is 11.7. The van der Waals surface area contributed by atoms with Gasteiger partial charge in [0.25, 0.3) is 0 Å². The molecule has 1 aliphatic carbocycles. The zero-order chi connectivity index (χ0) is 26.3. The van der Waals surface area contributed by atoms with E-state index >= 15 is 4.39 Å². The zero-order valence-corrected chi connectivity index (χ0v) is 22.4. The van der Waals surface area contributed by atoms with E-state index < -0.39 is 0 Å². The average molecular weight is 538 g/mol. The monoisotopic (exact) mass is 537 g/mol. The fourth-order valence-corrected chi connectivity index (χ4v) is 6.49. The number of halogens is 1. The molecule has 7 rings (SSSR count). The number of imidazole rings is 1. The highest BCUT2D eigenvalue weighted by molar-refractivity contribution is 7.15. The topological polar surface area (TPSA) is 95.2 Å². The Bertz CT molecular complexity index is 1790. The molecule has 9 heteroatoms. The lowest BCUT2D eigenvalue weighted by atomic mass is 10.0. The molecule has 1 fully saturated rings. The third-order valence-electron chi connectivity index (χ3n) is 7.61. The van der Waals surface area contributed by atoms with E-state index in [4.69, 9.17) is 4.98 Å². The van der Waals surface area contributed by atoms with Crippen molar-refractivity contribution in [3.05, 3.63) is 71.2 Å². The molecule has 0 atom stereocenters. The highest BCUT2D eigenvalue weighted by atomic mass is 32.1. The molecule has 5 aromatic heterocycles. The van der Waals surface area contributed by atoms with E-state index in [0.717, 1.165) is 51.7 Å². The number of thiophene rings is 1. The quantitative estimate of drug-likeness (QED) is 0.203. The fourth-order valence-electron chi connectivity index (χ4n) is 5.62. The normalized spacial score (nSPS) is 14.2. The first kappa shape index (κ1) is 24.1. The number of rotatable bonds is 7. The molecule has 0 spiro atoms. The van der Waals surface area contributed by atoms with E-state index in [-0.39, 0.29) is 5.82 Å². The van der Waals surface area contributed by atoms with Gasteiger partial charge in [0, 0.05) is 41.1 Å². The molecule has 1 saturated carbocycles. The molecule has 7 nitrogen and oxygen atoms in total. The molecular formula is C30H28FN7S. The van der Waals surface area contributed by atoms with Crippen LogP contribution in [0.2, 0.25) is 0 Å². The van der Waals surface area contributed by atoms with Crippen LogP contribution >= 0.6 is 11.3 Å². The van der Waals surface area contributed by atoms with Crippen molar-refractivity contribution in [2.75, 3.05) is 6.54 Å². The zero-order valence-electron chi connectivity index (χ0n) is 21.6. The van der Waals surface area contributed by atoms with E-state index in [2.05, 4.69) is 49.5 Å². The van der Waals surface area contributed by atoms with E-state index in [1.807, 2.05) is 24.4 Å². The molecule has 0 unspecified atom stereocenters. The van der Waals surface area contributed by atoms with Crippen LogP contribution in [-0.2, 0) is 6.54 Å². The van der Waals surface area contributed by atoms with E-state index in [1.165, 1.54) is 30.6 Å². The first-order chi connectivity index (χ1) is 19.1. The van der Waals surface area contributed by atoms with Crippen molar-refractivity contribution in [1.82, 2.24) is 35.5 Å². The molecule has 6 aromatic rings. The minimum atomic E-state index is -0.346. The molecule has 196 valence electrons. The maximum absolute atomic E-state index is 16.2. The first-order valence-corrected chi connectivity index (χ1v) is 14.2. The average Bonchev–Trinajstić information content (AvgIpc) is 3.75. The van der Waals surface area contributed by atoms with Crippen molar-refractivity contribution >= 4 is 33.3 Å². The molecule has 1 aromatic carbocycles. The number of aromatic amines is 2. The van der Waals surface area contributed by atoms with Crippen molar-refractivity contribution in [1.29, 1.82) is 0 Å². The Kier molecular flexibility index (Phi) is 6.17. The van der Waals surface area contributed by atoms with E-state index in [9.17, 15) is 0 Å². The van der Waals surface area contributed by atoms with Gasteiger partial charge in [-0.05, 0) is 74.2 Å². The smallest absolute Gasteiger partial charge is 0.159 e. The van der Waals surface area contributed by atoms with Crippen molar-refractivity contribution < 1.29 is 4.39 Å². The standard InChI is InChI=1S/C30H28FN7S/c1-17-6-9-24(39-17)28-27-23(10-11-34-28)35-30(36-27)29-25-22(37-38-29)8-7-21(26(25)31)20-12-19(15-33-16-20)14-32-13-18-4-2-3-5-18/h6-12,15-16,18,32H,2-5,13-14H2,1H3,(H,35,36)(H,37,38). The van der Waals surface area contributed by atoms with Crippen LogP contribution in [0.25, 0.3) is 55.2 Å². The second-order valence-electron chi connectivity index (χ2n) is 10.3. The lowest BCUT2D eigenvalue weighted by Crippen LogP contribution is -2.20. The molecule has 3 N–H and O–H groups in total. The Hall–Kier alpha value is -3.95. The van der Waals surface area contributed by atoms with Gasteiger partial charge in [-0.2, -0.15) is 5.10 Å². The molecule has 0 radical (unpaired) electrons. The van der Waals surface area contributed by atoms with Gasteiger partial charge >= 0.3 is 0 Å². The Morgan fingerprint density at radius 3 is 2.79 bits per heavy atom. The summed E-state index contributed by atoms with van der Waals surface area (Å²) in [5, 5.41) is 11.4. The molecule has 0 aliphatic heterocycles. The largest absolute Gasteiger partial charge is 0.336 e. The van der Waals surface area contributed by atoms with Crippen LogP contribution < -0.4 is 5.32 Å². The van der Waals surface area contributed by atoms with Gasteiger partial charge in [-0.3, -0.25) is 15.1 Å². The van der Waals surface area contributed by atoms with Crippen LogP contribution in [-0.4, -0.2) is 36.7 Å². The summed E-state index contributed by atoms with van der Waals surface area (Å²) in [5.74, 6) is 0.916. The molecule has 0 amide bonds. The summed E-state index contributed by atoms with van der Waals surface area (Å²) in [4.78, 5) is 19.4. The molecule has 39 heavy (non-hydrogen) atoms. The number of hydrogen-bond donors (Lipinski definition) is 3. The summed E-state index contributed by atoms with van der Waals surface area (Å²) < 4.78 is 16.2. The number of pyridine rings is 2. The third-order valence-corrected chi connectivity index (χ3v) is 8.62.